The molecule has 0 atom stereocenters. The number of nitrogens with one attached hydrogen (secondary N) is 1. The summed E-state index contributed by atoms with van der Waals surface area (Å²) in [6.45, 7) is 0. The molecule has 0 saturated heterocycles. The fraction of sp³-hybridized carbons (Fsp3) is 0.125. The summed E-state index contributed by atoms with van der Waals surface area (Å²) in [6.07, 6.45) is 0. The maximum atomic E-state index is 5.87. The predicted molar refractivity (Wildman–Crippen MR) is 65.7 cm³/mol. The monoisotopic (exact) mass is 255 g/mol. The minimum absolute atomic E-state index is 0. The topological polar surface area (TPSA) is 50.4 Å². The maximum absolute atomic E-state index is 5.87. The SMILES string of the molecule is CNN=C(N)c1ccccc1Cl.Cl.Cl. The number of rotatable bonds is 2. The van der Waals surface area contributed by atoms with Crippen LogP contribution in [0.25, 0.3) is 0 Å². The number of halogens is 3. The lowest BCUT2D eigenvalue weighted by atomic mass is 10.2. The smallest absolute Gasteiger partial charge is 0.152 e. The van der Waals surface area contributed by atoms with Crippen LogP contribution in [0.5, 0.6) is 0 Å². The zero-order valence-corrected chi connectivity index (χ0v) is 9.92. The minimum Gasteiger partial charge on any atom is -0.382 e. The number of amidine groups is 1. The van der Waals surface area contributed by atoms with Gasteiger partial charge in [0.05, 0.1) is 5.02 Å². The van der Waals surface area contributed by atoms with E-state index in [4.69, 9.17) is 17.3 Å². The summed E-state index contributed by atoms with van der Waals surface area (Å²) in [4.78, 5) is 0. The Morgan fingerprint density at radius 2 is 1.93 bits per heavy atom. The second-order valence-corrected chi connectivity index (χ2v) is 2.61. The first kappa shape index (κ1) is 15.8. The molecule has 0 aliphatic carbocycles. The van der Waals surface area contributed by atoms with Crippen molar-refractivity contribution >= 4 is 42.3 Å². The molecular weight excluding hydrogens is 244 g/mol. The van der Waals surface area contributed by atoms with Gasteiger partial charge in [0.25, 0.3) is 0 Å². The van der Waals surface area contributed by atoms with E-state index in [9.17, 15) is 0 Å². The molecule has 0 spiro atoms. The van der Waals surface area contributed by atoms with Crippen molar-refractivity contribution in [2.45, 2.75) is 0 Å². The molecule has 14 heavy (non-hydrogen) atoms. The van der Waals surface area contributed by atoms with Gasteiger partial charge in [0.2, 0.25) is 0 Å². The number of benzene rings is 1. The molecule has 6 heteroatoms. The van der Waals surface area contributed by atoms with E-state index in [1.807, 2.05) is 18.2 Å². The molecule has 0 heterocycles. The van der Waals surface area contributed by atoms with Crippen molar-refractivity contribution in [1.29, 1.82) is 0 Å². The van der Waals surface area contributed by atoms with Crippen LogP contribution in [0.4, 0.5) is 0 Å². The van der Waals surface area contributed by atoms with Gasteiger partial charge in [-0.2, -0.15) is 5.10 Å². The Morgan fingerprint density at radius 1 is 1.36 bits per heavy atom. The quantitative estimate of drug-likeness (QED) is 0.483. The van der Waals surface area contributed by atoms with Crippen molar-refractivity contribution in [3.8, 4) is 0 Å². The van der Waals surface area contributed by atoms with Crippen molar-refractivity contribution < 1.29 is 0 Å². The first-order valence-corrected chi connectivity index (χ1v) is 3.88. The highest BCUT2D eigenvalue weighted by molar-refractivity contribution is 6.34. The van der Waals surface area contributed by atoms with Crippen molar-refractivity contribution in [3.63, 3.8) is 0 Å². The molecule has 0 fully saturated rings. The van der Waals surface area contributed by atoms with Crippen LogP contribution in [0.3, 0.4) is 0 Å². The summed E-state index contributed by atoms with van der Waals surface area (Å²) in [6, 6.07) is 7.30. The zero-order chi connectivity index (χ0) is 8.97. The molecule has 3 N–H and O–H groups in total. The molecule has 0 amide bonds. The largest absolute Gasteiger partial charge is 0.382 e. The van der Waals surface area contributed by atoms with E-state index in [0.717, 1.165) is 5.56 Å². The van der Waals surface area contributed by atoms with E-state index in [-0.39, 0.29) is 24.8 Å². The molecule has 0 aliphatic rings. The number of hydrazone groups is 1. The maximum Gasteiger partial charge on any atom is 0.152 e. The third-order valence-corrected chi connectivity index (χ3v) is 1.71. The Morgan fingerprint density at radius 3 is 2.43 bits per heavy atom. The summed E-state index contributed by atoms with van der Waals surface area (Å²) in [5.41, 5.74) is 8.95. The van der Waals surface area contributed by atoms with Crippen LogP contribution in [0.15, 0.2) is 29.4 Å². The standard InChI is InChI=1S/C8H10ClN3.2ClH/c1-11-12-8(10)6-4-2-3-5-7(6)9;;/h2-5,11H,1H3,(H2,10,12);2*1H. The Labute approximate surface area is 101 Å². The van der Waals surface area contributed by atoms with Crippen LogP contribution in [0.2, 0.25) is 5.02 Å². The Balaban J connectivity index is 0. The molecule has 1 rings (SSSR count). The van der Waals surface area contributed by atoms with E-state index in [1.165, 1.54) is 0 Å². The highest BCUT2D eigenvalue weighted by atomic mass is 35.5. The van der Waals surface area contributed by atoms with Gasteiger partial charge in [-0.25, -0.2) is 0 Å². The Hall–Kier alpha value is -0.640. The van der Waals surface area contributed by atoms with Crippen molar-refractivity contribution in [3.05, 3.63) is 34.9 Å². The molecular formula is C8H12Cl3N3. The number of hydrogen-bond donors (Lipinski definition) is 2. The van der Waals surface area contributed by atoms with Crippen LogP contribution >= 0.6 is 36.4 Å². The molecule has 0 unspecified atom stereocenters. The molecule has 1 aromatic carbocycles. The van der Waals surface area contributed by atoms with Crippen LogP contribution < -0.4 is 11.2 Å². The molecule has 80 valence electrons. The van der Waals surface area contributed by atoms with Gasteiger partial charge in [-0.3, -0.25) is 0 Å². The number of nitrogens with zero attached hydrogens (tertiary/aromatic N) is 1. The van der Waals surface area contributed by atoms with E-state index in [0.29, 0.717) is 10.9 Å². The lowest BCUT2D eigenvalue weighted by Crippen LogP contribution is -2.17. The molecule has 3 nitrogen and oxygen atoms in total. The van der Waals surface area contributed by atoms with Crippen LogP contribution in [0.1, 0.15) is 5.56 Å². The summed E-state index contributed by atoms with van der Waals surface area (Å²) in [7, 11) is 1.68. The fourth-order valence-electron chi connectivity index (χ4n) is 0.850. The highest BCUT2D eigenvalue weighted by Crippen LogP contribution is 2.13. The third-order valence-electron chi connectivity index (χ3n) is 1.38. The van der Waals surface area contributed by atoms with E-state index < -0.39 is 0 Å². The van der Waals surface area contributed by atoms with Gasteiger partial charge in [0.15, 0.2) is 5.84 Å². The average molecular weight is 257 g/mol. The van der Waals surface area contributed by atoms with Gasteiger partial charge >= 0.3 is 0 Å². The fourth-order valence-corrected chi connectivity index (χ4v) is 1.08. The van der Waals surface area contributed by atoms with Crippen LogP contribution in [-0.4, -0.2) is 12.9 Å². The van der Waals surface area contributed by atoms with Crippen molar-refractivity contribution in [1.82, 2.24) is 5.43 Å². The number of hydrogen-bond acceptors (Lipinski definition) is 2. The molecule has 0 radical (unpaired) electrons. The normalized spacial score (nSPS) is 9.71. The molecule has 1 aromatic rings. The van der Waals surface area contributed by atoms with Gasteiger partial charge in [-0.15, -0.1) is 24.8 Å². The van der Waals surface area contributed by atoms with Crippen LogP contribution in [0, 0.1) is 0 Å². The molecule has 0 bridgehead atoms. The van der Waals surface area contributed by atoms with Crippen molar-refractivity contribution in [2.75, 3.05) is 7.05 Å². The Bertz CT molecular complexity index is 302. The second-order valence-electron chi connectivity index (χ2n) is 2.20. The van der Waals surface area contributed by atoms with E-state index in [1.54, 1.807) is 13.1 Å². The predicted octanol–water partition coefficient (Wildman–Crippen LogP) is 2.02. The highest BCUT2D eigenvalue weighted by Gasteiger charge is 2.01. The van der Waals surface area contributed by atoms with Gasteiger partial charge in [0.1, 0.15) is 0 Å². The second kappa shape index (κ2) is 7.74. The number of nitrogens with two attached hydrogens (primary N) is 1. The molecule has 0 aliphatic heterocycles. The van der Waals surface area contributed by atoms with Gasteiger partial charge < -0.3 is 11.2 Å². The lowest BCUT2D eigenvalue weighted by Gasteiger charge is -2.01. The molecule has 0 aromatic heterocycles. The summed E-state index contributed by atoms with van der Waals surface area (Å²) < 4.78 is 0. The minimum atomic E-state index is 0. The lowest BCUT2D eigenvalue weighted by molar-refractivity contribution is 0.898. The van der Waals surface area contributed by atoms with Crippen molar-refractivity contribution in [2.24, 2.45) is 10.8 Å². The van der Waals surface area contributed by atoms with E-state index in [2.05, 4.69) is 10.5 Å². The first-order chi connectivity index (χ1) is 5.75. The Kier molecular flexibility index (Phi) is 8.74. The summed E-state index contributed by atoms with van der Waals surface area (Å²) in [5.74, 6) is 0.392. The first-order valence-electron chi connectivity index (χ1n) is 3.50. The van der Waals surface area contributed by atoms with Gasteiger partial charge in [0, 0.05) is 12.6 Å². The van der Waals surface area contributed by atoms with E-state index >= 15 is 0 Å². The summed E-state index contributed by atoms with van der Waals surface area (Å²) >= 11 is 5.87. The zero-order valence-electron chi connectivity index (χ0n) is 7.53. The molecule has 0 saturated carbocycles. The van der Waals surface area contributed by atoms with Gasteiger partial charge in [-0.1, -0.05) is 23.7 Å². The average Bonchev–Trinajstić information content (AvgIpc) is 2.05. The van der Waals surface area contributed by atoms with Crippen LogP contribution in [-0.2, 0) is 0 Å². The van der Waals surface area contributed by atoms with Gasteiger partial charge in [-0.05, 0) is 12.1 Å². The summed E-state index contributed by atoms with van der Waals surface area (Å²) in [5, 5.41) is 4.42. The third kappa shape index (κ3) is 4.05.